The summed E-state index contributed by atoms with van der Waals surface area (Å²) in [7, 11) is 0. The monoisotopic (exact) mass is 240 g/mol. The van der Waals surface area contributed by atoms with Gasteiger partial charge in [-0.1, -0.05) is 30.3 Å². The zero-order valence-corrected chi connectivity index (χ0v) is 9.75. The lowest BCUT2D eigenvalue weighted by Gasteiger charge is -2.13. The third kappa shape index (κ3) is 3.25. The van der Waals surface area contributed by atoms with E-state index in [1.165, 1.54) is 6.92 Å². The molecule has 1 unspecified atom stereocenters. The average molecular weight is 240 g/mol. The fraction of sp³-hybridized carbons (Fsp3) is 0.538. The number of alkyl halides is 1. The van der Waals surface area contributed by atoms with E-state index in [0.29, 0.717) is 13.0 Å². The van der Waals surface area contributed by atoms with Gasteiger partial charge >= 0.3 is 0 Å². The molecule has 1 saturated heterocycles. The normalized spacial score (nSPS) is 30.4. The third-order valence-electron chi connectivity index (χ3n) is 2.92. The SMILES string of the molecule is CC(F)[C@H]1C[C@@H](OCc2ccccc2)[C@@H](O)O1. The number of halogens is 1. The molecule has 2 rings (SSSR count). The van der Waals surface area contributed by atoms with Crippen molar-refractivity contribution in [3.63, 3.8) is 0 Å². The van der Waals surface area contributed by atoms with Crippen molar-refractivity contribution in [1.29, 1.82) is 0 Å². The van der Waals surface area contributed by atoms with Crippen LogP contribution >= 0.6 is 0 Å². The van der Waals surface area contributed by atoms with Gasteiger partial charge in [-0.3, -0.25) is 0 Å². The van der Waals surface area contributed by atoms with Gasteiger partial charge in [0, 0.05) is 6.42 Å². The van der Waals surface area contributed by atoms with Crippen molar-refractivity contribution in [2.45, 2.75) is 44.6 Å². The van der Waals surface area contributed by atoms with Gasteiger partial charge in [0.05, 0.1) is 12.7 Å². The molecule has 0 bridgehead atoms. The van der Waals surface area contributed by atoms with E-state index in [1.54, 1.807) is 0 Å². The first kappa shape index (κ1) is 12.5. The molecular weight excluding hydrogens is 223 g/mol. The first-order valence-electron chi connectivity index (χ1n) is 5.80. The molecule has 1 aliphatic rings. The molecule has 1 heterocycles. The number of benzene rings is 1. The van der Waals surface area contributed by atoms with Crippen molar-refractivity contribution < 1.29 is 19.0 Å². The summed E-state index contributed by atoms with van der Waals surface area (Å²) >= 11 is 0. The minimum Gasteiger partial charge on any atom is -0.368 e. The van der Waals surface area contributed by atoms with Gasteiger partial charge in [0.25, 0.3) is 0 Å². The van der Waals surface area contributed by atoms with E-state index in [-0.39, 0.29) is 0 Å². The molecule has 0 amide bonds. The minimum absolute atomic E-state index is 0.395. The summed E-state index contributed by atoms with van der Waals surface area (Å²) in [5.41, 5.74) is 1.02. The van der Waals surface area contributed by atoms with Crippen molar-refractivity contribution >= 4 is 0 Å². The van der Waals surface area contributed by atoms with Gasteiger partial charge in [-0.15, -0.1) is 0 Å². The van der Waals surface area contributed by atoms with Gasteiger partial charge in [-0.2, -0.15) is 0 Å². The summed E-state index contributed by atoms with van der Waals surface area (Å²) in [5.74, 6) is 0. The van der Waals surface area contributed by atoms with E-state index in [9.17, 15) is 9.50 Å². The van der Waals surface area contributed by atoms with Crippen LogP contribution in [0.4, 0.5) is 4.39 Å². The van der Waals surface area contributed by atoms with E-state index in [4.69, 9.17) is 9.47 Å². The van der Waals surface area contributed by atoms with E-state index in [0.717, 1.165) is 5.56 Å². The fourth-order valence-corrected chi connectivity index (χ4v) is 1.89. The van der Waals surface area contributed by atoms with Crippen molar-refractivity contribution in [3.8, 4) is 0 Å². The predicted octanol–water partition coefficient (Wildman–Crippen LogP) is 2.04. The van der Waals surface area contributed by atoms with Crippen LogP contribution in [0.1, 0.15) is 18.9 Å². The second kappa shape index (κ2) is 5.58. The highest BCUT2D eigenvalue weighted by molar-refractivity contribution is 5.13. The molecule has 1 aromatic rings. The van der Waals surface area contributed by atoms with Gasteiger partial charge in [0.15, 0.2) is 6.29 Å². The molecule has 17 heavy (non-hydrogen) atoms. The van der Waals surface area contributed by atoms with Gasteiger partial charge in [0.2, 0.25) is 0 Å². The standard InChI is InChI=1S/C13H17FO3/c1-9(14)11-7-12(13(15)17-11)16-8-10-5-3-2-4-6-10/h2-6,9,11-13,15H,7-8H2,1H3/t9?,11-,12-,13+/m1/s1. The lowest BCUT2D eigenvalue weighted by Crippen LogP contribution is -2.23. The fourth-order valence-electron chi connectivity index (χ4n) is 1.89. The molecule has 0 radical (unpaired) electrons. The lowest BCUT2D eigenvalue weighted by molar-refractivity contribution is -0.151. The minimum atomic E-state index is -1.09. The second-order valence-corrected chi connectivity index (χ2v) is 4.31. The smallest absolute Gasteiger partial charge is 0.181 e. The van der Waals surface area contributed by atoms with Crippen molar-refractivity contribution in [2.75, 3.05) is 0 Å². The number of hydrogen-bond acceptors (Lipinski definition) is 3. The van der Waals surface area contributed by atoms with E-state index in [2.05, 4.69) is 0 Å². The molecule has 0 spiro atoms. The summed E-state index contributed by atoms with van der Waals surface area (Å²) in [6.45, 7) is 1.83. The molecule has 1 fully saturated rings. The topological polar surface area (TPSA) is 38.7 Å². The van der Waals surface area contributed by atoms with E-state index >= 15 is 0 Å². The van der Waals surface area contributed by atoms with Crippen LogP contribution < -0.4 is 0 Å². The van der Waals surface area contributed by atoms with Crippen molar-refractivity contribution in [2.24, 2.45) is 0 Å². The maximum absolute atomic E-state index is 13.0. The largest absolute Gasteiger partial charge is 0.368 e. The average Bonchev–Trinajstić information content (AvgIpc) is 2.70. The zero-order valence-electron chi connectivity index (χ0n) is 9.75. The number of aliphatic hydroxyl groups is 1. The van der Waals surface area contributed by atoms with Crippen LogP contribution in [-0.4, -0.2) is 29.8 Å². The summed E-state index contributed by atoms with van der Waals surface area (Å²) in [6, 6.07) is 9.66. The van der Waals surface area contributed by atoms with Crippen LogP contribution in [0.3, 0.4) is 0 Å². The Balaban J connectivity index is 1.84. The Morgan fingerprint density at radius 1 is 1.47 bits per heavy atom. The highest BCUT2D eigenvalue weighted by Gasteiger charge is 2.37. The van der Waals surface area contributed by atoms with Gasteiger partial charge in [-0.05, 0) is 12.5 Å². The lowest BCUT2D eigenvalue weighted by atomic mass is 10.1. The Bertz CT molecular complexity index is 342. The Kier molecular flexibility index (Phi) is 4.10. The van der Waals surface area contributed by atoms with Crippen LogP contribution in [0.5, 0.6) is 0 Å². The third-order valence-corrected chi connectivity index (χ3v) is 2.92. The molecule has 1 aliphatic heterocycles. The number of aliphatic hydroxyl groups excluding tert-OH is 1. The maximum atomic E-state index is 13.0. The second-order valence-electron chi connectivity index (χ2n) is 4.31. The first-order chi connectivity index (χ1) is 8.16. The van der Waals surface area contributed by atoms with Crippen LogP contribution in [-0.2, 0) is 16.1 Å². The molecule has 4 atom stereocenters. The molecule has 0 aliphatic carbocycles. The predicted molar refractivity (Wildman–Crippen MR) is 61.1 cm³/mol. The van der Waals surface area contributed by atoms with Gasteiger partial charge in [-0.25, -0.2) is 4.39 Å². The molecule has 3 nitrogen and oxygen atoms in total. The molecule has 1 N–H and O–H groups in total. The van der Waals surface area contributed by atoms with E-state index in [1.807, 2.05) is 30.3 Å². The Labute approximate surface area is 100 Å². The Hall–Kier alpha value is -0.970. The summed E-state index contributed by atoms with van der Waals surface area (Å²) < 4.78 is 23.6. The maximum Gasteiger partial charge on any atom is 0.181 e. The summed E-state index contributed by atoms with van der Waals surface area (Å²) in [4.78, 5) is 0. The molecule has 0 saturated carbocycles. The Morgan fingerprint density at radius 2 is 2.18 bits per heavy atom. The molecule has 0 aromatic heterocycles. The highest BCUT2D eigenvalue weighted by atomic mass is 19.1. The number of hydrogen-bond donors (Lipinski definition) is 1. The first-order valence-corrected chi connectivity index (χ1v) is 5.80. The quantitative estimate of drug-likeness (QED) is 0.875. The van der Waals surface area contributed by atoms with Crippen LogP contribution in [0.15, 0.2) is 30.3 Å². The molecule has 94 valence electrons. The molecule has 1 aromatic carbocycles. The summed E-state index contributed by atoms with van der Waals surface area (Å²) in [5, 5.41) is 9.57. The van der Waals surface area contributed by atoms with Crippen LogP contribution in [0, 0.1) is 0 Å². The van der Waals surface area contributed by atoms with Crippen LogP contribution in [0.2, 0.25) is 0 Å². The molecular formula is C13H17FO3. The van der Waals surface area contributed by atoms with Crippen molar-refractivity contribution in [1.82, 2.24) is 0 Å². The highest BCUT2D eigenvalue weighted by Crippen LogP contribution is 2.25. The Morgan fingerprint density at radius 3 is 2.76 bits per heavy atom. The van der Waals surface area contributed by atoms with Crippen molar-refractivity contribution in [3.05, 3.63) is 35.9 Å². The molecule has 4 heteroatoms. The van der Waals surface area contributed by atoms with Gasteiger partial charge in [0.1, 0.15) is 12.3 Å². The number of ether oxygens (including phenoxy) is 2. The van der Waals surface area contributed by atoms with Crippen LogP contribution in [0.25, 0.3) is 0 Å². The van der Waals surface area contributed by atoms with Gasteiger partial charge < -0.3 is 14.6 Å². The van der Waals surface area contributed by atoms with E-state index < -0.39 is 24.7 Å². The summed E-state index contributed by atoms with van der Waals surface area (Å²) in [6.07, 6.45) is -2.73. The zero-order chi connectivity index (χ0) is 12.3. The number of rotatable bonds is 4.